The van der Waals surface area contributed by atoms with Crippen LogP contribution in [0, 0.1) is 0 Å². The standard InChI is InChI=1S/C21H21N6O5P/c1-33(30,31)32-17-10-6-5-9-15(17)26-27-16-11-12-18(25-20(16)22)24-19(28)13-23-21(29)14-7-3-2-4-8-14/h2-12H,13H2,1H3,(H,23,29)(H,30,31)(H3,22,24,25,28). The summed E-state index contributed by atoms with van der Waals surface area (Å²) in [5.41, 5.74) is 6.77. The lowest BCUT2D eigenvalue weighted by Crippen LogP contribution is -2.33. The van der Waals surface area contributed by atoms with E-state index in [-0.39, 0.29) is 41.2 Å². The van der Waals surface area contributed by atoms with Gasteiger partial charge in [0.1, 0.15) is 17.2 Å². The van der Waals surface area contributed by atoms with Gasteiger partial charge in [0.25, 0.3) is 5.91 Å². The largest absolute Gasteiger partial charge is 0.422 e. The molecule has 5 N–H and O–H groups in total. The first kappa shape index (κ1) is 23.6. The molecule has 2 aromatic carbocycles. The van der Waals surface area contributed by atoms with Crippen LogP contribution < -0.4 is 20.9 Å². The van der Waals surface area contributed by atoms with Gasteiger partial charge < -0.3 is 25.8 Å². The third kappa shape index (κ3) is 7.23. The monoisotopic (exact) mass is 468 g/mol. The van der Waals surface area contributed by atoms with Crippen molar-refractivity contribution < 1.29 is 23.6 Å². The molecule has 33 heavy (non-hydrogen) atoms. The van der Waals surface area contributed by atoms with Crippen LogP contribution in [0.3, 0.4) is 0 Å². The number of carbonyl (C=O) groups is 2. The van der Waals surface area contributed by atoms with Gasteiger partial charge in [0.2, 0.25) is 5.91 Å². The highest BCUT2D eigenvalue weighted by Gasteiger charge is 2.15. The molecular weight excluding hydrogens is 447 g/mol. The van der Waals surface area contributed by atoms with Crippen molar-refractivity contribution in [2.75, 3.05) is 24.3 Å². The summed E-state index contributed by atoms with van der Waals surface area (Å²) in [6.45, 7) is 0.808. The number of amides is 2. The van der Waals surface area contributed by atoms with Crippen LogP contribution in [-0.4, -0.2) is 34.9 Å². The smallest absolute Gasteiger partial charge is 0.373 e. The highest BCUT2D eigenvalue weighted by atomic mass is 31.2. The number of nitrogens with two attached hydrogens (primary N) is 1. The summed E-state index contributed by atoms with van der Waals surface area (Å²) in [5.74, 6) is -0.617. The second kappa shape index (κ2) is 10.5. The van der Waals surface area contributed by atoms with E-state index in [1.54, 1.807) is 48.5 Å². The number of nitrogens with zero attached hydrogens (tertiary/aromatic N) is 3. The summed E-state index contributed by atoms with van der Waals surface area (Å²) in [6, 6.07) is 17.8. The second-order valence-electron chi connectivity index (χ2n) is 6.76. The molecule has 1 aromatic heterocycles. The maximum absolute atomic E-state index is 12.1. The van der Waals surface area contributed by atoms with E-state index in [0.29, 0.717) is 5.56 Å². The number of carbonyl (C=O) groups excluding carboxylic acids is 2. The van der Waals surface area contributed by atoms with Crippen LogP contribution in [0.25, 0.3) is 0 Å². The summed E-state index contributed by atoms with van der Waals surface area (Å²) < 4.78 is 16.5. The summed E-state index contributed by atoms with van der Waals surface area (Å²) in [6.07, 6.45) is 0. The Hall–Kier alpha value is -4.08. The molecule has 0 spiro atoms. The number of aromatic nitrogens is 1. The number of benzene rings is 2. The fourth-order valence-electron chi connectivity index (χ4n) is 2.57. The fraction of sp³-hybridized carbons (Fsp3) is 0.0952. The molecule has 1 heterocycles. The normalized spacial score (nSPS) is 12.7. The molecule has 3 rings (SSSR count). The Morgan fingerprint density at radius 3 is 2.39 bits per heavy atom. The molecule has 0 bridgehead atoms. The molecule has 0 saturated carbocycles. The lowest BCUT2D eigenvalue weighted by molar-refractivity contribution is -0.115. The van der Waals surface area contributed by atoms with Crippen molar-refractivity contribution in [1.82, 2.24) is 10.3 Å². The Bertz CT molecular complexity index is 1230. The number of hydrogen-bond acceptors (Lipinski definition) is 8. The van der Waals surface area contributed by atoms with Gasteiger partial charge in [-0.25, -0.2) is 9.55 Å². The van der Waals surface area contributed by atoms with Crippen molar-refractivity contribution in [2.24, 2.45) is 10.2 Å². The SMILES string of the molecule is CP(=O)(O)Oc1ccccc1N=Nc1ccc(NC(=O)CNC(=O)c2ccccc2)nc1N. The number of nitrogens with one attached hydrogen (secondary N) is 2. The summed E-state index contributed by atoms with van der Waals surface area (Å²) >= 11 is 0. The maximum Gasteiger partial charge on any atom is 0.373 e. The molecule has 12 heteroatoms. The predicted molar refractivity (Wildman–Crippen MR) is 123 cm³/mol. The minimum absolute atomic E-state index is 0.00779. The molecule has 0 aliphatic carbocycles. The zero-order valence-electron chi connectivity index (χ0n) is 17.5. The van der Waals surface area contributed by atoms with E-state index in [1.165, 1.54) is 18.2 Å². The average molecular weight is 468 g/mol. The number of para-hydroxylation sites is 1. The van der Waals surface area contributed by atoms with Gasteiger partial charge in [0.15, 0.2) is 11.6 Å². The molecule has 0 saturated heterocycles. The summed E-state index contributed by atoms with van der Waals surface area (Å²) in [5, 5.41) is 13.0. The number of anilines is 2. The van der Waals surface area contributed by atoms with Crippen molar-refractivity contribution in [3.8, 4) is 5.75 Å². The van der Waals surface area contributed by atoms with Crippen molar-refractivity contribution in [3.05, 3.63) is 72.3 Å². The van der Waals surface area contributed by atoms with E-state index >= 15 is 0 Å². The quantitative estimate of drug-likeness (QED) is 0.289. The van der Waals surface area contributed by atoms with E-state index in [9.17, 15) is 19.0 Å². The Balaban J connectivity index is 1.62. The predicted octanol–water partition coefficient (Wildman–Crippen LogP) is 3.64. The third-order valence-corrected chi connectivity index (χ3v) is 4.55. The minimum Gasteiger partial charge on any atom is -0.422 e. The zero-order valence-corrected chi connectivity index (χ0v) is 18.4. The molecule has 0 radical (unpaired) electrons. The first-order valence-corrected chi connectivity index (χ1v) is 11.6. The first-order valence-electron chi connectivity index (χ1n) is 9.61. The Morgan fingerprint density at radius 2 is 1.70 bits per heavy atom. The average Bonchev–Trinajstić information content (AvgIpc) is 2.77. The first-order chi connectivity index (χ1) is 15.7. The van der Waals surface area contributed by atoms with Gasteiger partial charge in [-0.15, -0.1) is 10.2 Å². The molecule has 11 nitrogen and oxygen atoms in total. The Kier molecular flexibility index (Phi) is 7.50. The van der Waals surface area contributed by atoms with Crippen molar-refractivity contribution >= 4 is 42.4 Å². The number of azo groups is 1. The highest BCUT2D eigenvalue weighted by Crippen LogP contribution is 2.42. The van der Waals surface area contributed by atoms with Crippen LogP contribution in [-0.2, 0) is 9.36 Å². The van der Waals surface area contributed by atoms with Crippen LogP contribution in [0.2, 0.25) is 0 Å². The molecule has 170 valence electrons. The van der Waals surface area contributed by atoms with Crippen LogP contribution in [0.5, 0.6) is 5.75 Å². The van der Waals surface area contributed by atoms with Gasteiger partial charge in [0.05, 0.1) is 6.54 Å². The van der Waals surface area contributed by atoms with Gasteiger partial charge in [0, 0.05) is 12.2 Å². The molecule has 0 aliphatic heterocycles. The van der Waals surface area contributed by atoms with Crippen LogP contribution in [0.4, 0.5) is 23.0 Å². The number of pyridine rings is 1. The van der Waals surface area contributed by atoms with Gasteiger partial charge >= 0.3 is 7.60 Å². The summed E-state index contributed by atoms with van der Waals surface area (Å²) in [4.78, 5) is 37.6. The molecular formula is C21H21N6O5P. The molecule has 0 fully saturated rings. The van der Waals surface area contributed by atoms with Crippen LogP contribution in [0.1, 0.15) is 10.4 Å². The molecule has 0 aliphatic rings. The van der Waals surface area contributed by atoms with E-state index in [2.05, 4.69) is 25.8 Å². The van der Waals surface area contributed by atoms with E-state index in [0.717, 1.165) is 6.66 Å². The van der Waals surface area contributed by atoms with E-state index in [1.807, 2.05) is 0 Å². The molecule has 3 aromatic rings. The van der Waals surface area contributed by atoms with E-state index in [4.69, 9.17) is 10.3 Å². The third-order valence-electron chi connectivity index (χ3n) is 4.01. The van der Waals surface area contributed by atoms with Gasteiger partial charge in [-0.1, -0.05) is 30.3 Å². The van der Waals surface area contributed by atoms with Gasteiger partial charge in [-0.3, -0.25) is 9.59 Å². The zero-order chi connectivity index (χ0) is 23.8. The number of hydrogen-bond donors (Lipinski definition) is 4. The lowest BCUT2D eigenvalue weighted by atomic mass is 10.2. The topological polar surface area (TPSA) is 168 Å². The van der Waals surface area contributed by atoms with Crippen LogP contribution >= 0.6 is 7.60 Å². The fourth-order valence-corrected chi connectivity index (χ4v) is 3.09. The molecule has 1 atom stereocenters. The Morgan fingerprint density at radius 1 is 1.03 bits per heavy atom. The minimum atomic E-state index is -3.77. The molecule has 1 unspecified atom stereocenters. The second-order valence-corrected chi connectivity index (χ2v) is 8.55. The van der Waals surface area contributed by atoms with Gasteiger partial charge in [-0.2, -0.15) is 0 Å². The van der Waals surface area contributed by atoms with E-state index < -0.39 is 13.5 Å². The number of nitrogen functional groups attached to an aromatic ring is 1. The van der Waals surface area contributed by atoms with Crippen molar-refractivity contribution in [2.45, 2.75) is 0 Å². The summed E-state index contributed by atoms with van der Waals surface area (Å²) in [7, 11) is -3.77. The van der Waals surface area contributed by atoms with Gasteiger partial charge in [-0.05, 0) is 36.4 Å². The van der Waals surface area contributed by atoms with Crippen molar-refractivity contribution in [3.63, 3.8) is 0 Å². The highest BCUT2D eigenvalue weighted by molar-refractivity contribution is 7.52. The maximum atomic E-state index is 12.1. The lowest BCUT2D eigenvalue weighted by Gasteiger charge is -2.10. The Labute approximate surface area is 189 Å². The van der Waals surface area contributed by atoms with Crippen LogP contribution in [0.15, 0.2) is 77.0 Å². The molecule has 2 amide bonds. The van der Waals surface area contributed by atoms with Crippen molar-refractivity contribution in [1.29, 1.82) is 0 Å². The number of rotatable bonds is 8.